The van der Waals surface area contributed by atoms with E-state index in [-0.39, 0.29) is 28.5 Å². The maximum absolute atomic E-state index is 13.4. The monoisotopic (exact) mass is 403 g/mol. The average molecular weight is 403 g/mol. The van der Waals surface area contributed by atoms with Crippen LogP contribution in [-0.2, 0) is 6.18 Å². The summed E-state index contributed by atoms with van der Waals surface area (Å²) in [5.41, 5.74) is -0.995. The predicted molar refractivity (Wildman–Crippen MR) is 95.3 cm³/mol. The van der Waals surface area contributed by atoms with Gasteiger partial charge in [-0.3, -0.25) is 15.1 Å². The third-order valence-electron chi connectivity index (χ3n) is 4.11. The first-order chi connectivity index (χ1) is 13.7. The first-order valence-electron chi connectivity index (χ1n) is 8.23. The number of hydrogen-bond donors (Lipinski definition) is 3. The van der Waals surface area contributed by atoms with E-state index in [0.29, 0.717) is 5.69 Å². The fourth-order valence-electron chi connectivity index (χ4n) is 2.90. The lowest BCUT2D eigenvalue weighted by Crippen LogP contribution is -2.18. The Hall–Kier alpha value is -3.96. The van der Waals surface area contributed by atoms with E-state index in [0.717, 1.165) is 10.6 Å². The van der Waals surface area contributed by atoms with Gasteiger partial charge in [0, 0.05) is 5.56 Å². The molecule has 12 heteroatoms. The summed E-state index contributed by atoms with van der Waals surface area (Å²) in [6, 6.07) is 7.89. The molecule has 3 aromatic heterocycles. The molecule has 1 amide bonds. The van der Waals surface area contributed by atoms with E-state index in [9.17, 15) is 22.8 Å². The zero-order valence-corrected chi connectivity index (χ0v) is 14.7. The number of aryl methyl sites for hydroxylation is 1. The minimum absolute atomic E-state index is 0.00445. The van der Waals surface area contributed by atoms with Gasteiger partial charge in [-0.15, -0.1) is 5.10 Å². The van der Waals surface area contributed by atoms with Crippen molar-refractivity contribution in [3.05, 3.63) is 63.8 Å². The summed E-state index contributed by atoms with van der Waals surface area (Å²) in [6.07, 6.45) is -4.57. The molecule has 0 radical (unpaired) electrons. The molecule has 29 heavy (non-hydrogen) atoms. The number of fused-ring (bicyclic) bond motifs is 1. The molecule has 3 heterocycles. The minimum Gasteiger partial charge on any atom is -0.289 e. The summed E-state index contributed by atoms with van der Waals surface area (Å²) in [4.78, 5) is 30.2. The first kappa shape index (κ1) is 18.4. The molecule has 4 rings (SSSR count). The second kappa shape index (κ2) is 6.58. The van der Waals surface area contributed by atoms with Crippen molar-refractivity contribution in [2.75, 3.05) is 5.32 Å². The average Bonchev–Trinajstić information content (AvgIpc) is 3.22. The molecule has 0 saturated carbocycles. The van der Waals surface area contributed by atoms with Crippen molar-refractivity contribution in [3.8, 4) is 11.3 Å². The summed E-state index contributed by atoms with van der Waals surface area (Å²) in [5, 5.41) is 12.3. The lowest BCUT2D eigenvalue weighted by molar-refractivity contribution is -0.137. The molecule has 3 N–H and O–H groups in total. The van der Waals surface area contributed by atoms with E-state index in [1.807, 2.05) is 0 Å². The number of H-pyrrole nitrogens is 2. The standard InChI is InChI=1S/C17H12F3N7O2/c1-8-13(14(28)22-15-23-16(29)25-24-15)27-12(21-8)7-6-11(26-27)9-4-2-3-5-10(9)17(18,19)20/h2-7H,1H3,(H3,22,23,24,25,28,29). The molecule has 0 bridgehead atoms. The molecule has 1 aromatic carbocycles. The van der Waals surface area contributed by atoms with Crippen LogP contribution in [0.1, 0.15) is 21.7 Å². The van der Waals surface area contributed by atoms with Crippen LogP contribution >= 0.6 is 0 Å². The number of amides is 1. The lowest BCUT2D eigenvalue weighted by atomic mass is 10.0. The molecule has 0 atom stereocenters. The quantitative estimate of drug-likeness (QED) is 0.485. The van der Waals surface area contributed by atoms with Gasteiger partial charge in [0.05, 0.1) is 17.0 Å². The summed E-state index contributed by atoms with van der Waals surface area (Å²) in [5.74, 6) is -0.806. The number of anilines is 1. The molecule has 0 aliphatic heterocycles. The summed E-state index contributed by atoms with van der Waals surface area (Å²) >= 11 is 0. The van der Waals surface area contributed by atoms with Crippen LogP contribution in [-0.4, -0.2) is 35.7 Å². The number of alkyl halides is 3. The minimum atomic E-state index is -4.57. The number of nitrogens with one attached hydrogen (secondary N) is 3. The van der Waals surface area contributed by atoms with E-state index in [1.54, 1.807) is 6.92 Å². The number of nitrogens with zero attached hydrogens (tertiary/aromatic N) is 4. The Morgan fingerprint density at radius 2 is 1.93 bits per heavy atom. The van der Waals surface area contributed by atoms with E-state index in [1.165, 1.54) is 30.3 Å². The largest absolute Gasteiger partial charge is 0.417 e. The zero-order chi connectivity index (χ0) is 20.8. The molecule has 0 aliphatic rings. The molecule has 9 nitrogen and oxygen atoms in total. The fourth-order valence-corrected chi connectivity index (χ4v) is 2.90. The van der Waals surface area contributed by atoms with Crippen LogP contribution in [0.3, 0.4) is 0 Å². The van der Waals surface area contributed by atoms with Gasteiger partial charge in [-0.1, -0.05) is 18.2 Å². The molecule has 0 unspecified atom stereocenters. The van der Waals surface area contributed by atoms with Crippen molar-refractivity contribution < 1.29 is 18.0 Å². The number of hydrogen-bond acceptors (Lipinski definition) is 5. The lowest BCUT2D eigenvalue weighted by Gasteiger charge is -2.12. The Kier molecular flexibility index (Phi) is 4.18. The van der Waals surface area contributed by atoms with Gasteiger partial charge in [0.1, 0.15) is 0 Å². The number of imidazole rings is 1. The molecule has 0 spiro atoms. The van der Waals surface area contributed by atoms with Gasteiger partial charge in [0.15, 0.2) is 11.3 Å². The smallest absolute Gasteiger partial charge is 0.289 e. The number of carbonyl (C=O) groups excluding carboxylic acids is 1. The van der Waals surface area contributed by atoms with Crippen LogP contribution in [0.4, 0.5) is 19.1 Å². The number of aromatic nitrogens is 6. The maximum atomic E-state index is 13.4. The second-order valence-electron chi connectivity index (χ2n) is 6.06. The van der Waals surface area contributed by atoms with Gasteiger partial charge in [0.25, 0.3) is 5.91 Å². The summed E-state index contributed by atoms with van der Waals surface area (Å²) in [7, 11) is 0. The Balaban J connectivity index is 1.82. The number of benzene rings is 1. The van der Waals surface area contributed by atoms with Crippen LogP contribution in [0.2, 0.25) is 0 Å². The van der Waals surface area contributed by atoms with Crippen LogP contribution < -0.4 is 11.0 Å². The summed E-state index contributed by atoms with van der Waals surface area (Å²) in [6.45, 7) is 1.56. The van der Waals surface area contributed by atoms with Gasteiger partial charge in [-0.05, 0) is 25.1 Å². The molecule has 0 fully saturated rings. The topological polar surface area (TPSA) is 121 Å². The van der Waals surface area contributed by atoms with Crippen molar-refractivity contribution in [1.29, 1.82) is 0 Å². The predicted octanol–water partition coefficient (Wildman–Crippen LogP) is 2.39. The fraction of sp³-hybridized carbons (Fsp3) is 0.118. The van der Waals surface area contributed by atoms with Gasteiger partial charge in [-0.25, -0.2) is 19.4 Å². The first-order valence-corrected chi connectivity index (χ1v) is 8.23. The number of rotatable bonds is 3. The van der Waals surface area contributed by atoms with E-state index < -0.39 is 23.3 Å². The molecule has 0 saturated heterocycles. The Morgan fingerprint density at radius 1 is 1.17 bits per heavy atom. The van der Waals surface area contributed by atoms with E-state index in [4.69, 9.17) is 0 Å². The van der Waals surface area contributed by atoms with Gasteiger partial charge in [-0.2, -0.15) is 18.3 Å². The highest BCUT2D eigenvalue weighted by Crippen LogP contribution is 2.36. The van der Waals surface area contributed by atoms with Crippen molar-refractivity contribution >= 4 is 17.5 Å². The number of carbonyl (C=O) groups is 1. The number of halogens is 3. The van der Waals surface area contributed by atoms with Crippen molar-refractivity contribution in [2.45, 2.75) is 13.1 Å². The van der Waals surface area contributed by atoms with Crippen LogP contribution in [0.15, 0.2) is 41.2 Å². The van der Waals surface area contributed by atoms with E-state index in [2.05, 4.69) is 30.6 Å². The van der Waals surface area contributed by atoms with Crippen molar-refractivity contribution in [2.24, 2.45) is 0 Å². The highest BCUT2D eigenvalue weighted by molar-refractivity contribution is 6.03. The number of aromatic amines is 2. The van der Waals surface area contributed by atoms with E-state index >= 15 is 0 Å². The van der Waals surface area contributed by atoms with Crippen LogP contribution in [0, 0.1) is 6.92 Å². The highest BCUT2D eigenvalue weighted by atomic mass is 19.4. The SMILES string of the molecule is Cc1nc2ccc(-c3ccccc3C(F)(F)F)nn2c1C(=O)Nc1n[nH]c(=O)[nH]1. The van der Waals surface area contributed by atoms with Gasteiger partial charge >= 0.3 is 11.9 Å². The summed E-state index contributed by atoms with van der Waals surface area (Å²) < 4.78 is 41.2. The molecule has 4 aromatic rings. The van der Waals surface area contributed by atoms with Gasteiger partial charge < -0.3 is 0 Å². The highest BCUT2D eigenvalue weighted by Gasteiger charge is 2.34. The third kappa shape index (κ3) is 3.35. The zero-order valence-electron chi connectivity index (χ0n) is 14.7. The van der Waals surface area contributed by atoms with Crippen molar-refractivity contribution in [1.82, 2.24) is 29.8 Å². The molecule has 148 valence electrons. The molecular weight excluding hydrogens is 391 g/mol. The van der Waals surface area contributed by atoms with Gasteiger partial charge in [0.2, 0.25) is 5.95 Å². The maximum Gasteiger partial charge on any atom is 0.417 e. The van der Waals surface area contributed by atoms with Crippen molar-refractivity contribution in [3.63, 3.8) is 0 Å². The van der Waals surface area contributed by atoms with Crippen LogP contribution in [0.5, 0.6) is 0 Å². The molecular formula is C17H12F3N7O2. The molecule has 0 aliphatic carbocycles. The Bertz CT molecular complexity index is 1290. The third-order valence-corrected chi connectivity index (χ3v) is 4.11. The Labute approximate surface area is 159 Å². The Morgan fingerprint density at radius 3 is 2.62 bits per heavy atom. The second-order valence-corrected chi connectivity index (χ2v) is 6.06. The van der Waals surface area contributed by atoms with Crippen LogP contribution in [0.25, 0.3) is 16.9 Å². The normalized spacial score (nSPS) is 11.7.